The zero-order chi connectivity index (χ0) is 15.6. The summed E-state index contributed by atoms with van der Waals surface area (Å²) in [4.78, 5) is 16.8. The van der Waals surface area contributed by atoms with Crippen molar-refractivity contribution in [1.82, 2.24) is 14.9 Å². The quantitative estimate of drug-likeness (QED) is 0.808. The van der Waals surface area contributed by atoms with Gasteiger partial charge in [-0.25, -0.2) is 4.98 Å². The molecule has 0 unspecified atom stereocenters. The lowest BCUT2D eigenvalue weighted by Crippen LogP contribution is -2.31. The molecule has 23 heavy (non-hydrogen) atoms. The van der Waals surface area contributed by atoms with Gasteiger partial charge in [0.2, 0.25) is 0 Å². The molecule has 0 radical (unpaired) electrons. The van der Waals surface area contributed by atoms with E-state index in [1.165, 1.54) is 0 Å². The Kier molecular flexibility index (Phi) is 3.46. The molecule has 0 saturated heterocycles. The maximum Gasteiger partial charge on any atom is 0.270 e. The summed E-state index contributed by atoms with van der Waals surface area (Å²) in [5, 5.41) is 3.11. The van der Waals surface area contributed by atoms with E-state index < -0.39 is 0 Å². The monoisotopic (exact) mass is 307 g/mol. The first kappa shape index (κ1) is 13.8. The number of amides is 1. The smallest absolute Gasteiger partial charge is 0.270 e. The highest BCUT2D eigenvalue weighted by Crippen LogP contribution is 2.30. The van der Waals surface area contributed by atoms with Gasteiger partial charge in [-0.1, -0.05) is 18.2 Å². The standard InChI is InChI=1S/C18H17N3O2/c22-18(20-15-7-4-8-17-14(15)9-10-23-17)16-11-19-12-21(16)13-5-2-1-3-6-13/h1-3,5-6,9-12,15H,4,7-8H2,(H,20,22)/t15-/m1/s1. The molecule has 0 aliphatic heterocycles. The lowest BCUT2D eigenvalue weighted by Gasteiger charge is -2.22. The van der Waals surface area contributed by atoms with Gasteiger partial charge < -0.3 is 9.73 Å². The molecule has 1 aliphatic carbocycles. The van der Waals surface area contributed by atoms with Crippen LogP contribution < -0.4 is 5.32 Å². The van der Waals surface area contributed by atoms with E-state index in [0.29, 0.717) is 5.69 Å². The van der Waals surface area contributed by atoms with Crippen molar-refractivity contribution in [2.45, 2.75) is 25.3 Å². The van der Waals surface area contributed by atoms with Crippen molar-refractivity contribution in [1.29, 1.82) is 0 Å². The fraction of sp³-hybridized carbons (Fsp3) is 0.222. The number of nitrogens with zero attached hydrogens (tertiary/aromatic N) is 2. The van der Waals surface area contributed by atoms with E-state index in [0.717, 1.165) is 36.3 Å². The summed E-state index contributed by atoms with van der Waals surface area (Å²) in [6, 6.07) is 11.7. The number of carbonyl (C=O) groups is 1. The van der Waals surface area contributed by atoms with Gasteiger partial charge in [0, 0.05) is 17.7 Å². The largest absolute Gasteiger partial charge is 0.469 e. The highest BCUT2D eigenvalue weighted by Gasteiger charge is 2.25. The predicted molar refractivity (Wildman–Crippen MR) is 85.4 cm³/mol. The van der Waals surface area contributed by atoms with Crippen molar-refractivity contribution in [3.05, 3.63) is 72.2 Å². The molecule has 4 rings (SSSR count). The van der Waals surface area contributed by atoms with Crippen molar-refractivity contribution < 1.29 is 9.21 Å². The highest BCUT2D eigenvalue weighted by molar-refractivity contribution is 5.93. The van der Waals surface area contributed by atoms with Crippen molar-refractivity contribution in [3.8, 4) is 5.69 Å². The van der Waals surface area contributed by atoms with Gasteiger partial charge in [0.25, 0.3) is 5.91 Å². The van der Waals surface area contributed by atoms with Crippen LogP contribution in [0.25, 0.3) is 5.69 Å². The lowest BCUT2D eigenvalue weighted by atomic mass is 9.93. The van der Waals surface area contributed by atoms with E-state index >= 15 is 0 Å². The van der Waals surface area contributed by atoms with E-state index in [2.05, 4.69) is 10.3 Å². The fourth-order valence-corrected chi connectivity index (χ4v) is 3.13. The van der Waals surface area contributed by atoms with Crippen LogP contribution in [-0.2, 0) is 6.42 Å². The second-order valence-corrected chi connectivity index (χ2v) is 5.70. The molecule has 5 nitrogen and oxygen atoms in total. The molecule has 2 heterocycles. The molecule has 2 aromatic heterocycles. The predicted octanol–water partition coefficient (Wildman–Crippen LogP) is 3.27. The number of carbonyl (C=O) groups excluding carboxylic acids is 1. The number of hydrogen-bond donors (Lipinski definition) is 1. The number of para-hydroxylation sites is 1. The normalized spacial score (nSPS) is 16.8. The molecule has 3 aromatic rings. The van der Waals surface area contributed by atoms with Gasteiger partial charge in [-0.2, -0.15) is 0 Å². The Morgan fingerprint density at radius 1 is 1.26 bits per heavy atom. The Morgan fingerprint density at radius 3 is 3.00 bits per heavy atom. The van der Waals surface area contributed by atoms with Crippen LogP contribution in [0.2, 0.25) is 0 Å². The third-order valence-corrected chi connectivity index (χ3v) is 4.26. The number of nitrogens with one attached hydrogen (secondary N) is 1. The summed E-state index contributed by atoms with van der Waals surface area (Å²) < 4.78 is 7.28. The van der Waals surface area contributed by atoms with Crippen LogP contribution in [0.5, 0.6) is 0 Å². The van der Waals surface area contributed by atoms with Crippen molar-refractivity contribution in [2.24, 2.45) is 0 Å². The van der Waals surface area contributed by atoms with Crippen LogP contribution in [0, 0.1) is 0 Å². The van der Waals surface area contributed by atoms with E-state index in [-0.39, 0.29) is 11.9 Å². The number of rotatable bonds is 3. The zero-order valence-electron chi connectivity index (χ0n) is 12.6. The maximum atomic E-state index is 12.7. The third kappa shape index (κ3) is 2.54. The molecule has 1 aliphatic rings. The number of furan rings is 1. The SMILES string of the molecule is O=C(N[C@@H]1CCCc2occc21)c1cncn1-c1ccccc1. The van der Waals surface area contributed by atoms with Gasteiger partial charge in [-0.15, -0.1) is 0 Å². The Labute approximate surface area is 134 Å². The molecule has 1 aromatic carbocycles. The Balaban J connectivity index is 1.59. The van der Waals surface area contributed by atoms with E-state index in [1.54, 1.807) is 23.4 Å². The van der Waals surface area contributed by atoms with E-state index in [1.807, 2.05) is 36.4 Å². The maximum absolute atomic E-state index is 12.7. The summed E-state index contributed by atoms with van der Waals surface area (Å²) in [5.74, 6) is 0.864. The van der Waals surface area contributed by atoms with Crippen molar-refractivity contribution in [2.75, 3.05) is 0 Å². The molecular formula is C18H17N3O2. The lowest BCUT2D eigenvalue weighted by molar-refractivity contribution is 0.0925. The summed E-state index contributed by atoms with van der Waals surface area (Å²) in [6.45, 7) is 0. The molecule has 116 valence electrons. The van der Waals surface area contributed by atoms with Gasteiger partial charge >= 0.3 is 0 Å². The minimum absolute atomic E-state index is 0.00382. The second kappa shape index (κ2) is 5.76. The average Bonchev–Trinajstić information content (AvgIpc) is 3.25. The summed E-state index contributed by atoms with van der Waals surface area (Å²) in [6.07, 6.45) is 7.84. The molecule has 1 N–H and O–H groups in total. The van der Waals surface area contributed by atoms with E-state index in [9.17, 15) is 4.79 Å². The number of benzene rings is 1. The fourth-order valence-electron chi connectivity index (χ4n) is 3.13. The first-order chi connectivity index (χ1) is 11.3. The summed E-state index contributed by atoms with van der Waals surface area (Å²) in [5.41, 5.74) is 2.55. The van der Waals surface area contributed by atoms with Crippen molar-refractivity contribution >= 4 is 5.91 Å². The van der Waals surface area contributed by atoms with Gasteiger partial charge in [0.05, 0.1) is 24.8 Å². The first-order valence-electron chi connectivity index (χ1n) is 7.78. The topological polar surface area (TPSA) is 60.1 Å². The third-order valence-electron chi connectivity index (χ3n) is 4.26. The number of imidazole rings is 1. The van der Waals surface area contributed by atoms with Gasteiger partial charge in [0.1, 0.15) is 11.5 Å². The van der Waals surface area contributed by atoms with E-state index in [4.69, 9.17) is 4.42 Å². The number of aromatic nitrogens is 2. The molecule has 0 fully saturated rings. The average molecular weight is 307 g/mol. The van der Waals surface area contributed by atoms with Crippen LogP contribution in [0.15, 0.2) is 59.6 Å². The number of aryl methyl sites for hydroxylation is 1. The second-order valence-electron chi connectivity index (χ2n) is 5.70. The van der Waals surface area contributed by atoms with Crippen LogP contribution in [0.1, 0.15) is 40.7 Å². The molecule has 0 spiro atoms. The zero-order valence-corrected chi connectivity index (χ0v) is 12.6. The molecular weight excluding hydrogens is 290 g/mol. The number of hydrogen-bond acceptors (Lipinski definition) is 3. The van der Waals surface area contributed by atoms with Crippen LogP contribution in [-0.4, -0.2) is 15.5 Å². The first-order valence-corrected chi connectivity index (χ1v) is 7.78. The summed E-state index contributed by atoms with van der Waals surface area (Å²) >= 11 is 0. The summed E-state index contributed by atoms with van der Waals surface area (Å²) in [7, 11) is 0. The Bertz CT molecular complexity index is 820. The molecule has 0 saturated carbocycles. The molecule has 1 atom stereocenters. The van der Waals surface area contributed by atoms with Crippen LogP contribution in [0.3, 0.4) is 0 Å². The Morgan fingerprint density at radius 2 is 2.13 bits per heavy atom. The van der Waals surface area contributed by atoms with Crippen LogP contribution in [0.4, 0.5) is 0 Å². The van der Waals surface area contributed by atoms with Gasteiger partial charge in [-0.05, 0) is 31.0 Å². The van der Waals surface area contributed by atoms with Crippen molar-refractivity contribution in [3.63, 3.8) is 0 Å². The molecule has 1 amide bonds. The highest BCUT2D eigenvalue weighted by atomic mass is 16.3. The van der Waals surface area contributed by atoms with Crippen LogP contribution >= 0.6 is 0 Å². The number of fused-ring (bicyclic) bond motifs is 1. The molecule has 0 bridgehead atoms. The minimum Gasteiger partial charge on any atom is -0.469 e. The minimum atomic E-state index is -0.120. The van der Waals surface area contributed by atoms with Gasteiger partial charge in [0.15, 0.2) is 0 Å². The molecule has 5 heteroatoms. The Hall–Kier alpha value is -2.82. The van der Waals surface area contributed by atoms with Gasteiger partial charge in [-0.3, -0.25) is 9.36 Å².